The third-order valence-corrected chi connectivity index (χ3v) is 4.77. The molecule has 0 fully saturated rings. The van der Waals surface area contributed by atoms with E-state index in [-0.39, 0.29) is 6.04 Å². The summed E-state index contributed by atoms with van der Waals surface area (Å²) in [6.07, 6.45) is 2.81. The van der Waals surface area contributed by atoms with E-state index in [2.05, 4.69) is 32.6 Å². The highest BCUT2D eigenvalue weighted by molar-refractivity contribution is 5.80. The molecule has 0 spiro atoms. The highest BCUT2D eigenvalue weighted by atomic mass is 16.5. The van der Waals surface area contributed by atoms with E-state index in [9.17, 15) is 0 Å². The van der Waals surface area contributed by atoms with Crippen LogP contribution >= 0.6 is 0 Å². The molecule has 0 saturated heterocycles. The Kier molecular flexibility index (Phi) is 6.73. The Labute approximate surface area is 166 Å². The fraction of sp³-hybridized carbons (Fsp3) is 0.550. The number of benzene rings is 1. The molecule has 1 atom stereocenters. The standard InChI is InChI=1S/C20H30N6O2/c1-5-18-24-19-10-8-15(13-26(19)25-18)23-20(21-3)22-12-14-7-9-16(27-4)17(11-14)28-6-2/h7,9,11,15H,5-6,8,10,12-13H2,1-4H3,(H2,21,22,23). The van der Waals surface area contributed by atoms with E-state index in [1.165, 1.54) is 0 Å². The predicted octanol–water partition coefficient (Wildman–Crippen LogP) is 1.93. The van der Waals surface area contributed by atoms with Crippen LogP contribution in [0.1, 0.15) is 37.5 Å². The van der Waals surface area contributed by atoms with Crippen molar-refractivity contribution in [2.45, 2.75) is 52.2 Å². The Hall–Kier alpha value is -2.77. The maximum Gasteiger partial charge on any atom is 0.191 e. The molecule has 2 heterocycles. The van der Waals surface area contributed by atoms with Crippen LogP contribution in [0.3, 0.4) is 0 Å². The second-order valence-electron chi connectivity index (χ2n) is 6.70. The lowest BCUT2D eigenvalue weighted by Gasteiger charge is -2.25. The first-order valence-electron chi connectivity index (χ1n) is 9.86. The van der Waals surface area contributed by atoms with Crippen LogP contribution in [0.5, 0.6) is 11.5 Å². The van der Waals surface area contributed by atoms with Gasteiger partial charge in [0.2, 0.25) is 0 Å². The van der Waals surface area contributed by atoms with Crippen molar-refractivity contribution in [2.75, 3.05) is 20.8 Å². The van der Waals surface area contributed by atoms with E-state index in [4.69, 9.17) is 9.47 Å². The fourth-order valence-electron chi connectivity index (χ4n) is 3.30. The molecule has 2 aromatic rings. The zero-order chi connectivity index (χ0) is 19.9. The summed E-state index contributed by atoms with van der Waals surface area (Å²) in [4.78, 5) is 8.93. The minimum atomic E-state index is 0.278. The van der Waals surface area contributed by atoms with Gasteiger partial charge in [0.05, 0.1) is 20.3 Å². The minimum absolute atomic E-state index is 0.278. The van der Waals surface area contributed by atoms with Crippen LogP contribution in [-0.4, -0.2) is 47.5 Å². The van der Waals surface area contributed by atoms with Crippen LogP contribution in [0, 0.1) is 0 Å². The van der Waals surface area contributed by atoms with Gasteiger partial charge >= 0.3 is 0 Å². The van der Waals surface area contributed by atoms with Crippen molar-refractivity contribution in [1.82, 2.24) is 25.4 Å². The molecule has 1 aromatic carbocycles. The van der Waals surface area contributed by atoms with Gasteiger partial charge in [-0.25, -0.2) is 9.67 Å². The van der Waals surface area contributed by atoms with Gasteiger partial charge in [0.15, 0.2) is 23.3 Å². The molecule has 8 heteroatoms. The topological polar surface area (TPSA) is 85.6 Å². The summed E-state index contributed by atoms with van der Waals surface area (Å²) < 4.78 is 13.0. The second kappa shape index (κ2) is 9.43. The van der Waals surface area contributed by atoms with E-state index < -0.39 is 0 Å². The first-order chi connectivity index (χ1) is 13.7. The van der Waals surface area contributed by atoms with E-state index in [1.807, 2.05) is 29.8 Å². The Morgan fingerprint density at radius 2 is 2.18 bits per heavy atom. The van der Waals surface area contributed by atoms with Crippen molar-refractivity contribution in [3.05, 3.63) is 35.4 Å². The number of methoxy groups -OCH3 is 1. The van der Waals surface area contributed by atoms with Crippen molar-refractivity contribution < 1.29 is 9.47 Å². The molecule has 0 amide bonds. The fourth-order valence-corrected chi connectivity index (χ4v) is 3.30. The summed E-state index contributed by atoms with van der Waals surface area (Å²) >= 11 is 0. The van der Waals surface area contributed by atoms with Gasteiger partial charge in [-0.1, -0.05) is 13.0 Å². The van der Waals surface area contributed by atoms with E-state index in [0.29, 0.717) is 13.2 Å². The summed E-state index contributed by atoms with van der Waals surface area (Å²) in [6, 6.07) is 6.23. The molecule has 1 aromatic heterocycles. The van der Waals surface area contributed by atoms with Crippen molar-refractivity contribution in [1.29, 1.82) is 0 Å². The zero-order valence-electron chi connectivity index (χ0n) is 17.2. The molecule has 3 rings (SSSR count). The molecule has 0 saturated carbocycles. The van der Waals surface area contributed by atoms with Gasteiger partial charge in [-0.15, -0.1) is 0 Å². The molecular weight excluding hydrogens is 356 g/mol. The molecule has 0 radical (unpaired) electrons. The highest BCUT2D eigenvalue weighted by Gasteiger charge is 2.22. The molecule has 2 N–H and O–H groups in total. The highest BCUT2D eigenvalue weighted by Crippen LogP contribution is 2.28. The lowest BCUT2D eigenvalue weighted by atomic mass is 10.1. The SMILES string of the molecule is CCOc1cc(CNC(=NC)NC2CCc3nc(CC)nn3C2)ccc1OC. The number of rotatable bonds is 7. The summed E-state index contributed by atoms with van der Waals surface area (Å²) in [5.74, 6) is 4.27. The first-order valence-corrected chi connectivity index (χ1v) is 9.86. The number of ether oxygens (including phenoxy) is 2. The third-order valence-electron chi connectivity index (χ3n) is 4.77. The number of hydrogen-bond donors (Lipinski definition) is 2. The number of aliphatic imine (C=N–C) groups is 1. The average molecular weight is 387 g/mol. The van der Waals surface area contributed by atoms with E-state index >= 15 is 0 Å². The Bertz CT molecular complexity index is 817. The van der Waals surface area contributed by atoms with Crippen LogP contribution in [0.25, 0.3) is 0 Å². The van der Waals surface area contributed by atoms with Crippen molar-refractivity contribution in [2.24, 2.45) is 4.99 Å². The van der Waals surface area contributed by atoms with Crippen molar-refractivity contribution in [3.63, 3.8) is 0 Å². The monoisotopic (exact) mass is 386 g/mol. The van der Waals surface area contributed by atoms with Crippen LogP contribution < -0.4 is 20.1 Å². The maximum absolute atomic E-state index is 5.65. The Morgan fingerprint density at radius 1 is 1.32 bits per heavy atom. The van der Waals surface area contributed by atoms with Crippen LogP contribution in [-0.2, 0) is 25.9 Å². The minimum Gasteiger partial charge on any atom is -0.493 e. The van der Waals surface area contributed by atoms with Gasteiger partial charge < -0.3 is 20.1 Å². The molecule has 1 unspecified atom stereocenters. The summed E-state index contributed by atoms with van der Waals surface area (Å²) in [5.41, 5.74) is 1.10. The first kappa shape index (κ1) is 20.0. The maximum atomic E-state index is 5.65. The van der Waals surface area contributed by atoms with E-state index in [1.54, 1.807) is 14.2 Å². The zero-order valence-corrected chi connectivity index (χ0v) is 17.2. The number of aryl methyl sites for hydroxylation is 2. The normalized spacial score (nSPS) is 16.4. The van der Waals surface area contributed by atoms with Gasteiger partial charge in [-0.05, 0) is 31.0 Å². The summed E-state index contributed by atoms with van der Waals surface area (Å²) in [7, 11) is 3.43. The summed E-state index contributed by atoms with van der Waals surface area (Å²) in [6.45, 7) is 6.09. The number of nitrogens with zero attached hydrogens (tertiary/aromatic N) is 4. The predicted molar refractivity (Wildman–Crippen MR) is 109 cm³/mol. The van der Waals surface area contributed by atoms with E-state index in [0.717, 1.165) is 60.5 Å². The van der Waals surface area contributed by atoms with Gasteiger partial charge in [-0.2, -0.15) is 5.10 Å². The third kappa shape index (κ3) is 4.74. The van der Waals surface area contributed by atoms with Crippen LogP contribution in [0.15, 0.2) is 23.2 Å². The number of hydrogen-bond acceptors (Lipinski definition) is 5. The molecule has 0 bridgehead atoms. The molecule has 1 aliphatic heterocycles. The quantitative estimate of drug-likeness (QED) is 0.559. The second-order valence-corrected chi connectivity index (χ2v) is 6.70. The Morgan fingerprint density at radius 3 is 2.89 bits per heavy atom. The Balaban J connectivity index is 1.57. The van der Waals surface area contributed by atoms with Crippen molar-refractivity contribution >= 4 is 5.96 Å². The number of fused-ring (bicyclic) bond motifs is 1. The number of nitrogens with one attached hydrogen (secondary N) is 2. The molecule has 152 valence electrons. The molecular formula is C20H30N6O2. The largest absolute Gasteiger partial charge is 0.493 e. The van der Waals surface area contributed by atoms with Crippen molar-refractivity contribution in [3.8, 4) is 11.5 Å². The molecule has 0 aliphatic carbocycles. The molecule has 8 nitrogen and oxygen atoms in total. The summed E-state index contributed by atoms with van der Waals surface area (Å²) in [5, 5.41) is 11.4. The van der Waals surface area contributed by atoms with Crippen LogP contribution in [0.4, 0.5) is 0 Å². The number of aromatic nitrogens is 3. The molecule has 28 heavy (non-hydrogen) atoms. The van der Waals surface area contributed by atoms with Gasteiger partial charge in [0.25, 0.3) is 0 Å². The number of guanidine groups is 1. The van der Waals surface area contributed by atoms with Gasteiger partial charge in [0.1, 0.15) is 5.82 Å². The lowest BCUT2D eigenvalue weighted by molar-refractivity contribution is 0.310. The van der Waals surface area contributed by atoms with Gasteiger partial charge in [0, 0.05) is 32.5 Å². The van der Waals surface area contributed by atoms with Gasteiger partial charge in [-0.3, -0.25) is 4.99 Å². The average Bonchev–Trinajstić information content (AvgIpc) is 3.14. The smallest absolute Gasteiger partial charge is 0.191 e. The molecule has 1 aliphatic rings. The van der Waals surface area contributed by atoms with Crippen LogP contribution in [0.2, 0.25) is 0 Å². The lowest BCUT2D eigenvalue weighted by Crippen LogP contribution is -2.46.